The molecule has 0 aliphatic carbocycles. The molecule has 19 heavy (non-hydrogen) atoms. The summed E-state index contributed by atoms with van der Waals surface area (Å²) < 4.78 is 6.32. The van der Waals surface area contributed by atoms with Crippen molar-refractivity contribution in [1.29, 1.82) is 0 Å². The molecule has 1 unspecified atom stereocenters. The van der Waals surface area contributed by atoms with E-state index in [0.717, 1.165) is 22.3 Å². The molecule has 0 radical (unpaired) electrons. The van der Waals surface area contributed by atoms with E-state index in [2.05, 4.69) is 45.3 Å². The van der Waals surface area contributed by atoms with Gasteiger partial charge in [0, 0.05) is 10.7 Å². The third kappa shape index (κ3) is 3.55. The summed E-state index contributed by atoms with van der Waals surface area (Å²) in [6.07, 6.45) is 3.59. The lowest BCUT2D eigenvalue weighted by Crippen LogP contribution is -2.22. The molecular formula is C15H17BrN2O. The van der Waals surface area contributed by atoms with Gasteiger partial charge in [-0.05, 0) is 35.9 Å². The van der Waals surface area contributed by atoms with Gasteiger partial charge in [-0.25, -0.2) is 0 Å². The second-order valence-electron chi connectivity index (χ2n) is 4.20. The highest BCUT2D eigenvalue weighted by atomic mass is 79.9. The zero-order valence-corrected chi connectivity index (χ0v) is 12.6. The van der Waals surface area contributed by atoms with Gasteiger partial charge in [0.05, 0.1) is 19.3 Å². The summed E-state index contributed by atoms with van der Waals surface area (Å²) in [5, 5.41) is 3.48. The second kappa shape index (κ2) is 6.68. The van der Waals surface area contributed by atoms with Crippen LogP contribution in [0, 0.1) is 0 Å². The van der Waals surface area contributed by atoms with Gasteiger partial charge >= 0.3 is 0 Å². The Kier molecular flexibility index (Phi) is 4.93. The molecule has 0 saturated carbocycles. The number of benzene rings is 1. The van der Waals surface area contributed by atoms with E-state index in [1.807, 2.05) is 24.4 Å². The third-order valence-corrected chi connectivity index (χ3v) is 3.39. The molecule has 0 aliphatic rings. The molecule has 2 aromatic rings. The van der Waals surface area contributed by atoms with Crippen molar-refractivity contribution in [3.63, 3.8) is 0 Å². The first-order valence-electron chi connectivity index (χ1n) is 6.22. The van der Waals surface area contributed by atoms with Gasteiger partial charge in [0.2, 0.25) is 0 Å². The lowest BCUT2D eigenvalue weighted by Gasteiger charge is -2.19. The fourth-order valence-corrected chi connectivity index (χ4v) is 2.44. The minimum atomic E-state index is 0.116. The van der Waals surface area contributed by atoms with Crippen LogP contribution in [-0.4, -0.2) is 18.6 Å². The Hall–Kier alpha value is -1.39. The van der Waals surface area contributed by atoms with Crippen molar-refractivity contribution >= 4 is 15.9 Å². The van der Waals surface area contributed by atoms with E-state index in [1.54, 1.807) is 13.3 Å². The molecule has 3 nitrogen and oxygen atoms in total. The number of ether oxygens (including phenoxy) is 1. The van der Waals surface area contributed by atoms with Crippen molar-refractivity contribution in [3.05, 3.63) is 58.3 Å². The Bertz CT molecular complexity index is 545. The molecule has 1 N–H and O–H groups in total. The van der Waals surface area contributed by atoms with Crippen LogP contribution < -0.4 is 10.1 Å². The van der Waals surface area contributed by atoms with Gasteiger partial charge < -0.3 is 10.1 Å². The van der Waals surface area contributed by atoms with Gasteiger partial charge in [-0.1, -0.05) is 35.0 Å². The number of methoxy groups -OCH3 is 1. The first-order chi connectivity index (χ1) is 9.24. The molecule has 1 aromatic heterocycles. The summed E-state index contributed by atoms with van der Waals surface area (Å²) in [6.45, 7) is 2.98. The summed E-state index contributed by atoms with van der Waals surface area (Å²) in [6, 6.07) is 10.4. The standard InChI is InChI=1S/C15H17BrN2O/c1-3-18-15(11-5-4-6-13(16)7-11)12-8-14(19-2)10-17-9-12/h4-10,15,18H,3H2,1-2H3. The van der Waals surface area contributed by atoms with E-state index in [4.69, 9.17) is 4.74 Å². The molecule has 4 heteroatoms. The Labute approximate surface area is 122 Å². The number of nitrogens with one attached hydrogen (secondary N) is 1. The summed E-state index contributed by atoms with van der Waals surface area (Å²) in [5.74, 6) is 0.774. The number of hydrogen-bond donors (Lipinski definition) is 1. The average molecular weight is 321 g/mol. The van der Waals surface area contributed by atoms with Crippen LogP contribution in [0.25, 0.3) is 0 Å². The van der Waals surface area contributed by atoms with Gasteiger partial charge in [-0.2, -0.15) is 0 Å². The number of halogens is 1. The maximum absolute atomic E-state index is 5.24. The van der Waals surface area contributed by atoms with Gasteiger partial charge in [0.15, 0.2) is 0 Å². The highest BCUT2D eigenvalue weighted by Gasteiger charge is 2.14. The van der Waals surface area contributed by atoms with Gasteiger partial charge in [0.25, 0.3) is 0 Å². The molecular weight excluding hydrogens is 304 g/mol. The summed E-state index contributed by atoms with van der Waals surface area (Å²) in [7, 11) is 1.65. The van der Waals surface area contributed by atoms with Crippen molar-refractivity contribution in [2.75, 3.05) is 13.7 Å². The van der Waals surface area contributed by atoms with Crippen LogP contribution in [0.2, 0.25) is 0 Å². The monoisotopic (exact) mass is 320 g/mol. The Morgan fingerprint density at radius 1 is 1.26 bits per heavy atom. The Balaban J connectivity index is 2.38. The smallest absolute Gasteiger partial charge is 0.137 e. The minimum Gasteiger partial charge on any atom is -0.495 e. The number of hydrogen-bond acceptors (Lipinski definition) is 3. The third-order valence-electron chi connectivity index (χ3n) is 2.89. The fourth-order valence-electron chi connectivity index (χ4n) is 2.02. The highest BCUT2D eigenvalue weighted by molar-refractivity contribution is 9.10. The molecule has 1 atom stereocenters. The average Bonchev–Trinajstić information content (AvgIpc) is 2.45. The molecule has 0 bridgehead atoms. The largest absolute Gasteiger partial charge is 0.495 e. The Morgan fingerprint density at radius 2 is 2.11 bits per heavy atom. The number of aromatic nitrogens is 1. The maximum Gasteiger partial charge on any atom is 0.137 e. The molecule has 0 aliphatic heterocycles. The highest BCUT2D eigenvalue weighted by Crippen LogP contribution is 2.26. The van der Waals surface area contributed by atoms with E-state index in [0.29, 0.717) is 0 Å². The van der Waals surface area contributed by atoms with Crippen LogP contribution >= 0.6 is 15.9 Å². The van der Waals surface area contributed by atoms with E-state index in [9.17, 15) is 0 Å². The fraction of sp³-hybridized carbons (Fsp3) is 0.267. The molecule has 0 amide bonds. The van der Waals surface area contributed by atoms with Crippen molar-refractivity contribution in [3.8, 4) is 5.75 Å². The first-order valence-corrected chi connectivity index (χ1v) is 7.01. The van der Waals surface area contributed by atoms with Gasteiger partial charge in [-0.3, -0.25) is 4.98 Å². The first kappa shape index (κ1) is 14.0. The van der Waals surface area contributed by atoms with Gasteiger partial charge in [0.1, 0.15) is 5.75 Å². The van der Waals surface area contributed by atoms with Crippen molar-refractivity contribution in [2.45, 2.75) is 13.0 Å². The normalized spacial score (nSPS) is 12.2. The van der Waals surface area contributed by atoms with Crippen LogP contribution in [0.4, 0.5) is 0 Å². The predicted octanol–water partition coefficient (Wildman–Crippen LogP) is 3.55. The molecule has 0 spiro atoms. The molecule has 100 valence electrons. The Morgan fingerprint density at radius 3 is 2.79 bits per heavy atom. The maximum atomic E-state index is 5.24. The molecule has 2 rings (SSSR count). The lowest BCUT2D eigenvalue weighted by atomic mass is 10.00. The zero-order valence-electron chi connectivity index (χ0n) is 11.1. The van der Waals surface area contributed by atoms with Crippen molar-refractivity contribution < 1.29 is 4.74 Å². The number of rotatable bonds is 5. The van der Waals surface area contributed by atoms with E-state index in [1.165, 1.54) is 5.56 Å². The van der Waals surface area contributed by atoms with Crippen LogP contribution in [-0.2, 0) is 0 Å². The quantitative estimate of drug-likeness (QED) is 0.914. The summed E-state index contributed by atoms with van der Waals surface area (Å²) >= 11 is 3.51. The zero-order chi connectivity index (χ0) is 13.7. The van der Waals surface area contributed by atoms with E-state index >= 15 is 0 Å². The topological polar surface area (TPSA) is 34.2 Å². The SMILES string of the molecule is CCNC(c1cccc(Br)c1)c1cncc(OC)c1. The number of pyridine rings is 1. The molecule has 0 fully saturated rings. The number of nitrogens with zero attached hydrogens (tertiary/aromatic N) is 1. The van der Waals surface area contributed by atoms with Crippen molar-refractivity contribution in [1.82, 2.24) is 10.3 Å². The molecule has 0 saturated heterocycles. The van der Waals surface area contributed by atoms with E-state index < -0.39 is 0 Å². The summed E-state index contributed by atoms with van der Waals surface area (Å²) in [5.41, 5.74) is 2.30. The van der Waals surface area contributed by atoms with Crippen LogP contribution in [0.1, 0.15) is 24.1 Å². The second-order valence-corrected chi connectivity index (χ2v) is 5.12. The van der Waals surface area contributed by atoms with Crippen LogP contribution in [0.5, 0.6) is 5.75 Å². The van der Waals surface area contributed by atoms with Gasteiger partial charge in [-0.15, -0.1) is 0 Å². The molecule has 1 aromatic carbocycles. The van der Waals surface area contributed by atoms with Crippen LogP contribution in [0.15, 0.2) is 47.2 Å². The van der Waals surface area contributed by atoms with Crippen molar-refractivity contribution in [2.24, 2.45) is 0 Å². The van der Waals surface area contributed by atoms with Crippen LogP contribution in [0.3, 0.4) is 0 Å². The molecule has 1 heterocycles. The summed E-state index contributed by atoms with van der Waals surface area (Å²) in [4.78, 5) is 4.23. The lowest BCUT2D eigenvalue weighted by molar-refractivity contribution is 0.411. The van der Waals surface area contributed by atoms with E-state index in [-0.39, 0.29) is 6.04 Å². The minimum absolute atomic E-state index is 0.116. The predicted molar refractivity (Wildman–Crippen MR) is 80.5 cm³/mol.